The summed E-state index contributed by atoms with van der Waals surface area (Å²) >= 11 is 3.44. The van der Waals surface area contributed by atoms with Gasteiger partial charge in [0.05, 0.1) is 4.47 Å². The van der Waals surface area contributed by atoms with E-state index in [4.69, 9.17) is 11.6 Å². The van der Waals surface area contributed by atoms with Crippen LogP contribution in [0.2, 0.25) is 0 Å². The SMILES string of the molecule is CC.CCc1c(Br)c[n+](N)c(N)c1C. The Labute approximate surface area is 94.2 Å². The van der Waals surface area contributed by atoms with E-state index in [0.29, 0.717) is 5.82 Å². The molecule has 0 aliphatic carbocycles. The lowest BCUT2D eigenvalue weighted by Gasteiger charge is -2.06. The van der Waals surface area contributed by atoms with Gasteiger partial charge in [0.2, 0.25) is 0 Å². The van der Waals surface area contributed by atoms with Crippen LogP contribution < -0.4 is 16.3 Å². The van der Waals surface area contributed by atoms with Crippen molar-refractivity contribution in [1.29, 1.82) is 0 Å². The van der Waals surface area contributed by atoms with Crippen LogP contribution in [0.3, 0.4) is 0 Å². The third-order valence-corrected chi connectivity index (χ3v) is 2.69. The summed E-state index contributed by atoms with van der Waals surface area (Å²) in [6, 6.07) is 0. The van der Waals surface area contributed by atoms with Crippen LogP contribution in [0.1, 0.15) is 31.9 Å². The number of nitrogens with zero attached hydrogens (tertiary/aromatic N) is 1. The highest BCUT2D eigenvalue weighted by molar-refractivity contribution is 9.10. The number of hydrogen-bond acceptors (Lipinski definition) is 2. The van der Waals surface area contributed by atoms with Gasteiger partial charge in [0.25, 0.3) is 5.82 Å². The van der Waals surface area contributed by atoms with Gasteiger partial charge in [0, 0.05) is 5.56 Å². The molecule has 0 aliphatic rings. The van der Waals surface area contributed by atoms with Crippen LogP contribution in [0, 0.1) is 6.92 Å². The van der Waals surface area contributed by atoms with Gasteiger partial charge in [0.15, 0.2) is 0 Å². The minimum atomic E-state index is 0.620. The van der Waals surface area contributed by atoms with Crippen molar-refractivity contribution in [2.75, 3.05) is 11.6 Å². The normalized spacial score (nSPS) is 9.21. The number of nitrogen functional groups attached to an aromatic ring is 2. The van der Waals surface area contributed by atoms with E-state index in [2.05, 4.69) is 22.9 Å². The van der Waals surface area contributed by atoms with E-state index in [1.165, 1.54) is 10.2 Å². The number of rotatable bonds is 1. The van der Waals surface area contributed by atoms with Crippen LogP contribution in [0.25, 0.3) is 0 Å². The molecule has 0 bridgehead atoms. The van der Waals surface area contributed by atoms with Crippen LogP contribution in [-0.2, 0) is 6.42 Å². The summed E-state index contributed by atoms with van der Waals surface area (Å²) in [6.07, 6.45) is 2.73. The molecule has 0 amide bonds. The summed E-state index contributed by atoms with van der Waals surface area (Å²) in [5.74, 6) is 6.23. The summed E-state index contributed by atoms with van der Waals surface area (Å²) in [4.78, 5) is 0. The smallest absolute Gasteiger partial charge is 0.285 e. The van der Waals surface area contributed by atoms with Crippen molar-refractivity contribution in [3.05, 3.63) is 21.8 Å². The van der Waals surface area contributed by atoms with E-state index in [1.807, 2.05) is 20.8 Å². The second-order valence-corrected chi connectivity index (χ2v) is 3.58. The van der Waals surface area contributed by atoms with Crippen LogP contribution >= 0.6 is 15.9 Å². The maximum Gasteiger partial charge on any atom is 0.298 e. The Bertz CT molecular complexity index is 311. The third kappa shape index (κ3) is 2.61. The molecule has 0 fully saturated rings. The molecular weight excluding hydrogens is 242 g/mol. The Kier molecular flexibility index (Phi) is 5.53. The van der Waals surface area contributed by atoms with Gasteiger partial charge in [-0.05, 0) is 34.8 Å². The molecule has 4 heteroatoms. The van der Waals surface area contributed by atoms with Crippen LogP contribution in [0.15, 0.2) is 10.7 Å². The second-order valence-electron chi connectivity index (χ2n) is 2.73. The topological polar surface area (TPSA) is 55.9 Å². The van der Waals surface area contributed by atoms with E-state index in [-0.39, 0.29) is 0 Å². The molecule has 1 rings (SSSR count). The van der Waals surface area contributed by atoms with Crippen molar-refractivity contribution in [3.8, 4) is 0 Å². The number of nitrogens with two attached hydrogens (primary N) is 2. The van der Waals surface area contributed by atoms with Crippen LogP contribution in [-0.4, -0.2) is 0 Å². The van der Waals surface area contributed by atoms with Crippen LogP contribution in [0.4, 0.5) is 5.82 Å². The second kappa shape index (κ2) is 5.86. The first-order valence-corrected chi connectivity index (χ1v) is 5.61. The molecule has 1 aromatic heterocycles. The van der Waals surface area contributed by atoms with Crippen LogP contribution in [0.5, 0.6) is 0 Å². The molecule has 0 radical (unpaired) electrons. The zero-order valence-corrected chi connectivity index (χ0v) is 10.9. The van der Waals surface area contributed by atoms with Gasteiger partial charge in [-0.2, -0.15) is 0 Å². The van der Waals surface area contributed by atoms with E-state index in [1.54, 1.807) is 6.20 Å². The van der Waals surface area contributed by atoms with Gasteiger partial charge < -0.3 is 0 Å². The van der Waals surface area contributed by atoms with Crippen molar-refractivity contribution < 1.29 is 4.68 Å². The van der Waals surface area contributed by atoms with Gasteiger partial charge in [-0.15, -0.1) is 4.68 Å². The largest absolute Gasteiger partial charge is 0.298 e. The molecule has 4 N–H and O–H groups in total. The average Bonchev–Trinajstić information content (AvgIpc) is 2.18. The summed E-state index contributed by atoms with van der Waals surface area (Å²) in [5, 5.41) is 0. The Morgan fingerprint density at radius 2 is 1.93 bits per heavy atom. The molecular formula is C10H19BrN3+. The van der Waals surface area contributed by atoms with E-state index < -0.39 is 0 Å². The Hall–Kier alpha value is -0.770. The molecule has 1 aromatic rings. The van der Waals surface area contributed by atoms with Gasteiger partial charge in [-0.1, -0.05) is 20.8 Å². The maximum absolute atomic E-state index is 5.74. The van der Waals surface area contributed by atoms with Crippen molar-refractivity contribution in [1.82, 2.24) is 0 Å². The van der Waals surface area contributed by atoms with E-state index in [9.17, 15) is 0 Å². The summed E-state index contributed by atoms with van der Waals surface area (Å²) < 4.78 is 2.44. The van der Waals surface area contributed by atoms with Crippen molar-refractivity contribution in [2.24, 2.45) is 0 Å². The standard InChI is InChI=1S/C8H12BrN3.C2H6/c1-3-6-5(2)8(10)12(11)4-7(6)9;1-2/h4,10H,3,11H2,1-2H3;1-2H3/p+1. The summed E-state index contributed by atoms with van der Waals surface area (Å²) in [7, 11) is 0. The van der Waals surface area contributed by atoms with E-state index >= 15 is 0 Å². The Balaban J connectivity index is 0.000000791. The molecule has 0 saturated heterocycles. The minimum Gasteiger partial charge on any atom is -0.285 e. The highest BCUT2D eigenvalue weighted by Gasteiger charge is 2.12. The Morgan fingerprint density at radius 3 is 2.36 bits per heavy atom. The van der Waals surface area contributed by atoms with Gasteiger partial charge >= 0.3 is 0 Å². The molecule has 1 heterocycles. The first-order chi connectivity index (χ1) is 6.57. The van der Waals surface area contributed by atoms with E-state index in [0.717, 1.165) is 16.5 Å². The first-order valence-electron chi connectivity index (χ1n) is 4.82. The van der Waals surface area contributed by atoms with Gasteiger partial charge in [-0.3, -0.25) is 11.6 Å². The highest BCUT2D eigenvalue weighted by atomic mass is 79.9. The molecule has 0 unspecified atom stereocenters. The lowest BCUT2D eigenvalue weighted by atomic mass is 10.1. The molecule has 80 valence electrons. The zero-order valence-electron chi connectivity index (χ0n) is 9.26. The molecule has 0 saturated carbocycles. The molecule has 0 aromatic carbocycles. The quantitative estimate of drug-likeness (QED) is 0.599. The fourth-order valence-electron chi connectivity index (χ4n) is 1.23. The Morgan fingerprint density at radius 1 is 1.43 bits per heavy atom. The summed E-state index contributed by atoms with van der Waals surface area (Å²) in [5.41, 5.74) is 8.01. The van der Waals surface area contributed by atoms with Crippen molar-refractivity contribution >= 4 is 21.7 Å². The first kappa shape index (κ1) is 13.2. The van der Waals surface area contributed by atoms with Gasteiger partial charge in [0.1, 0.15) is 6.20 Å². The fourth-order valence-corrected chi connectivity index (χ4v) is 2.03. The maximum atomic E-state index is 5.74. The highest BCUT2D eigenvalue weighted by Crippen LogP contribution is 2.21. The number of anilines is 1. The predicted molar refractivity (Wildman–Crippen MR) is 64.4 cm³/mol. The molecule has 0 spiro atoms. The lowest BCUT2D eigenvalue weighted by molar-refractivity contribution is -0.624. The number of aromatic nitrogens is 1. The average molecular weight is 261 g/mol. The number of halogens is 1. The molecule has 3 nitrogen and oxygen atoms in total. The predicted octanol–water partition coefficient (Wildman–Crippen LogP) is 1.93. The fraction of sp³-hybridized carbons (Fsp3) is 0.500. The number of hydrogen-bond donors (Lipinski definition) is 2. The van der Waals surface area contributed by atoms with Crippen molar-refractivity contribution in [2.45, 2.75) is 34.1 Å². The monoisotopic (exact) mass is 260 g/mol. The van der Waals surface area contributed by atoms with Crippen molar-refractivity contribution in [3.63, 3.8) is 0 Å². The zero-order chi connectivity index (χ0) is 11.3. The minimum absolute atomic E-state index is 0.620. The van der Waals surface area contributed by atoms with Gasteiger partial charge in [-0.25, -0.2) is 0 Å². The lowest BCUT2D eigenvalue weighted by Crippen LogP contribution is -2.47. The summed E-state index contributed by atoms with van der Waals surface area (Å²) in [6.45, 7) is 8.07. The third-order valence-electron chi connectivity index (χ3n) is 2.01. The molecule has 0 aliphatic heterocycles. The molecule has 14 heavy (non-hydrogen) atoms. The molecule has 0 atom stereocenters. The number of pyridine rings is 1.